The molecule has 1 aromatic carbocycles. The van der Waals surface area contributed by atoms with Crippen molar-refractivity contribution in [2.45, 2.75) is 53.9 Å². The Labute approximate surface area is 153 Å². The summed E-state index contributed by atoms with van der Waals surface area (Å²) in [7, 11) is 1.56. The lowest BCUT2D eigenvalue weighted by atomic mass is 9.85. The van der Waals surface area contributed by atoms with Gasteiger partial charge in [0.25, 0.3) is 0 Å². The van der Waals surface area contributed by atoms with Gasteiger partial charge in [-0.05, 0) is 61.6 Å². The van der Waals surface area contributed by atoms with Crippen LogP contribution in [0.25, 0.3) is 0 Å². The summed E-state index contributed by atoms with van der Waals surface area (Å²) in [6.07, 6.45) is 7.09. The highest BCUT2D eigenvalue weighted by Crippen LogP contribution is 2.29. The van der Waals surface area contributed by atoms with E-state index in [2.05, 4.69) is 39.8 Å². The summed E-state index contributed by atoms with van der Waals surface area (Å²) in [5.41, 5.74) is 1.12. The number of hydrogen-bond donors (Lipinski definition) is 1. The second kappa shape index (κ2) is 10.3. The van der Waals surface area contributed by atoms with E-state index in [1.165, 1.54) is 0 Å². The van der Waals surface area contributed by atoms with E-state index in [4.69, 9.17) is 4.74 Å². The number of benzene rings is 1. The van der Waals surface area contributed by atoms with E-state index >= 15 is 0 Å². The molecule has 1 aromatic rings. The van der Waals surface area contributed by atoms with E-state index in [1.54, 1.807) is 20.1 Å². The summed E-state index contributed by atoms with van der Waals surface area (Å²) in [5.74, 6) is 2.51. The molecule has 0 aliphatic carbocycles. The van der Waals surface area contributed by atoms with Crippen LogP contribution >= 0.6 is 0 Å². The lowest BCUT2D eigenvalue weighted by Gasteiger charge is -2.20. The molecule has 0 saturated carbocycles. The Bertz CT molecular complexity index is 573. The number of carbonyl (C=O) groups is 1. The highest BCUT2D eigenvalue weighted by molar-refractivity contribution is 5.78. The Morgan fingerprint density at radius 2 is 1.76 bits per heavy atom. The number of ether oxygens (including phenoxy) is 1. The lowest BCUT2D eigenvalue weighted by Crippen LogP contribution is -2.16. The van der Waals surface area contributed by atoms with Gasteiger partial charge in [-0.15, -0.1) is 0 Å². The maximum Gasteiger partial charge on any atom is 0.160 e. The van der Waals surface area contributed by atoms with Crippen molar-refractivity contribution in [2.75, 3.05) is 7.11 Å². The van der Waals surface area contributed by atoms with Gasteiger partial charge in [0.05, 0.1) is 7.11 Å². The third kappa shape index (κ3) is 6.93. The maximum absolute atomic E-state index is 11.7. The zero-order chi connectivity index (χ0) is 19.0. The number of aromatic hydroxyl groups is 1. The fourth-order valence-electron chi connectivity index (χ4n) is 3.18. The summed E-state index contributed by atoms with van der Waals surface area (Å²) >= 11 is 0. The molecule has 2 atom stereocenters. The predicted octanol–water partition coefficient (Wildman–Crippen LogP) is 5.41. The molecular formula is C22H34O3. The van der Waals surface area contributed by atoms with Gasteiger partial charge in [0.2, 0.25) is 0 Å². The van der Waals surface area contributed by atoms with Gasteiger partial charge in [-0.3, -0.25) is 4.79 Å². The molecule has 140 valence electrons. The second-order valence-corrected chi connectivity index (χ2v) is 7.62. The monoisotopic (exact) mass is 346 g/mol. The standard InChI is InChI=1S/C22H34O3/c1-15(2)19(9-7-8-10-20(16(3)4)17(5)23)13-18-11-12-22(25-6)21(24)14-18/h7-8,11-12,14-16,19-20,24H,9-10,13H2,1-6H3/b8-7+/t19-,20+/m1/s1. The van der Waals surface area contributed by atoms with Gasteiger partial charge in [0, 0.05) is 5.92 Å². The Morgan fingerprint density at radius 3 is 2.24 bits per heavy atom. The van der Waals surface area contributed by atoms with Crippen LogP contribution < -0.4 is 4.74 Å². The molecule has 0 aromatic heterocycles. The smallest absolute Gasteiger partial charge is 0.160 e. The number of allylic oxidation sites excluding steroid dienone is 2. The van der Waals surface area contributed by atoms with Gasteiger partial charge in [-0.25, -0.2) is 0 Å². The van der Waals surface area contributed by atoms with E-state index in [1.807, 2.05) is 12.1 Å². The predicted molar refractivity (Wildman–Crippen MR) is 104 cm³/mol. The minimum atomic E-state index is 0.118. The molecule has 0 amide bonds. The lowest BCUT2D eigenvalue weighted by molar-refractivity contribution is -0.121. The fraction of sp³-hybridized carbons (Fsp3) is 0.591. The number of Topliss-reactive ketones (excluding diaryl/α,β-unsaturated/α-hetero) is 1. The van der Waals surface area contributed by atoms with Crippen molar-refractivity contribution in [1.29, 1.82) is 0 Å². The third-order valence-corrected chi connectivity index (χ3v) is 5.01. The minimum absolute atomic E-state index is 0.118. The number of hydrogen-bond acceptors (Lipinski definition) is 3. The number of phenolic OH excluding ortho intramolecular Hbond substituents is 1. The molecular weight excluding hydrogens is 312 g/mol. The number of carbonyl (C=O) groups excluding carboxylic acids is 1. The number of phenols is 1. The van der Waals surface area contributed by atoms with E-state index in [0.717, 1.165) is 24.8 Å². The zero-order valence-electron chi connectivity index (χ0n) is 16.6. The quantitative estimate of drug-likeness (QED) is 0.576. The van der Waals surface area contributed by atoms with Gasteiger partial charge in [0.1, 0.15) is 5.78 Å². The van der Waals surface area contributed by atoms with Crippen LogP contribution in [0.3, 0.4) is 0 Å². The zero-order valence-corrected chi connectivity index (χ0v) is 16.6. The average Bonchev–Trinajstić information content (AvgIpc) is 2.52. The molecule has 0 heterocycles. The molecule has 1 rings (SSSR count). The van der Waals surface area contributed by atoms with Crippen LogP contribution in [0.15, 0.2) is 30.4 Å². The van der Waals surface area contributed by atoms with Crippen molar-refractivity contribution >= 4 is 5.78 Å². The summed E-state index contributed by atoms with van der Waals surface area (Å²) in [5, 5.41) is 9.95. The van der Waals surface area contributed by atoms with Crippen molar-refractivity contribution in [2.24, 2.45) is 23.7 Å². The van der Waals surface area contributed by atoms with Gasteiger partial charge >= 0.3 is 0 Å². The molecule has 25 heavy (non-hydrogen) atoms. The molecule has 3 heteroatoms. The first-order valence-electron chi connectivity index (χ1n) is 9.27. The minimum Gasteiger partial charge on any atom is -0.504 e. The van der Waals surface area contributed by atoms with Crippen molar-refractivity contribution in [1.82, 2.24) is 0 Å². The van der Waals surface area contributed by atoms with E-state index < -0.39 is 0 Å². The number of ketones is 1. The first kappa shape index (κ1) is 21.3. The normalized spacial score (nSPS) is 14.2. The molecule has 3 nitrogen and oxygen atoms in total. The fourth-order valence-corrected chi connectivity index (χ4v) is 3.18. The van der Waals surface area contributed by atoms with Gasteiger partial charge in [0.15, 0.2) is 11.5 Å². The topological polar surface area (TPSA) is 46.5 Å². The van der Waals surface area contributed by atoms with Crippen molar-refractivity contribution in [3.63, 3.8) is 0 Å². The summed E-state index contributed by atoms with van der Waals surface area (Å²) in [6.45, 7) is 10.4. The van der Waals surface area contributed by atoms with Gasteiger partial charge < -0.3 is 9.84 Å². The molecule has 0 radical (unpaired) electrons. The first-order valence-corrected chi connectivity index (χ1v) is 9.27. The highest BCUT2D eigenvalue weighted by atomic mass is 16.5. The molecule has 0 aliphatic rings. The summed E-state index contributed by atoms with van der Waals surface area (Å²) in [6, 6.07) is 5.63. The van der Waals surface area contributed by atoms with Gasteiger partial charge in [-0.2, -0.15) is 0 Å². The van der Waals surface area contributed by atoms with Crippen LogP contribution in [0, 0.1) is 23.7 Å². The Kier molecular flexibility index (Phi) is 8.74. The van der Waals surface area contributed by atoms with Gasteiger partial charge in [-0.1, -0.05) is 45.9 Å². The third-order valence-electron chi connectivity index (χ3n) is 5.01. The first-order chi connectivity index (χ1) is 11.8. The Hall–Kier alpha value is -1.77. The van der Waals surface area contributed by atoms with Crippen molar-refractivity contribution in [3.8, 4) is 11.5 Å². The van der Waals surface area contributed by atoms with Crippen LogP contribution in [-0.2, 0) is 11.2 Å². The molecule has 1 N–H and O–H groups in total. The number of methoxy groups -OCH3 is 1. The molecule has 0 saturated heterocycles. The van der Waals surface area contributed by atoms with Crippen molar-refractivity contribution < 1.29 is 14.6 Å². The average molecular weight is 347 g/mol. The van der Waals surface area contributed by atoms with Crippen LogP contribution in [0.5, 0.6) is 11.5 Å². The largest absolute Gasteiger partial charge is 0.504 e. The molecule has 0 unspecified atom stereocenters. The maximum atomic E-state index is 11.7. The van der Waals surface area contributed by atoms with E-state index in [-0.39, 0.29) is 17.5 Å². The summed E-state index contributed by atoms with van der Waals surface area (Å²) in [4.78, 5) is 11.7. The molecule has 0 aliphatic heterocycles. The Balaban J connectivity index is 2.67. The van der Waals surface area contributed by atoms with Crippen LogP contribution in [0.1, 0.15) is 53.0 Å². The molecule has 0 fully saturated rings. The van der Waals surface area contributed by atoms with Crippen LogP contribution in [0.4, 0.5) is 0 Å². The van der Waals surface area contributed by atoms with E-state index in [0.29, 0.717) is 23.5 Å². The van der Waals surface area contributed by atoms with Crippen molar-refractivity contribution in [3.05, 3.63) is 35.9 Å². The van der Waals surface area contributed by atoms with Crippen LogP contribution in [0.2, 0.25) is 0 Å². The molecule has 0 bridgehead atoms. The molecule has 0 spiro atoms. The van der Waals surface area contributed by atoms with E-state index in [9.17, 15) is 9.90 Å². The highest BCUT2D eigenvalue weighted by Gasteiger charge is 2.17. The summed E-state index contributed by atoms with van der Waals surface area (Å²) < 4.78 is 5.10. The van der Waals surface area contributed by atoms with Crippen LogP contribution in [-0.4, -0.2) is 18.0 Å². The number of rotatable bonds is 10. The SMILES string of the molecule is COc1ccc(C[C@@H](C/C=C/C[C@H](C(C)=O)C(C)C)C(C)C)cc1O. The second-order valence-electron chi connectivity index (χ2n) is 7.62. The Morgan fingerprint density at radius 1 is 1.12 bits per heavy atom.